The van der Waals surface area contributed by atoms with E-state index in [9.17, 15) is 9.59 Å². The molecule has 0 saturated heterocycles. The second kappa shape index (κ2) is 11.4. The number of amides is 2. The third-order valence-electron chi connectivity index (χ3n) is 7.35. The van der Waals surface area contributed by atoms with Crippen molar-refractivity contribution in [2.75, 3.05) is 31.5 Å². The number of nitrogens with one attached hydrogen (secondary N) is 3. The van der Waals surface area contributed by atoms with Crippen molar-refractivity contribution in [1.29, 1.82) is 0 Å². The van der Waals surface area contributed by atoms with Crippen LogP contribution in [0, 0.1) is 13.8 Å². The van der Waals surface area contributed by atoms with Crippen molar-refractivity contribution >= 4 is 40.5 Å². The highest BCUT2D eigenvalue weighted by atomic mass is 32.1. The molecule has 0 radical (unpaired) electrons. The van der Waals surface area contributed by atoms with Crippen LogP contribution in [0.4, 0.5) is 5.69 Å². The Labute approximate surface area is 233 Å². The van der Waals surface area contributed by atoms with Gasteiger partial charge in [0.2, 0.25) is 0 Å². The molecule has 0 saturated carbocycles. The number of fused-ring (bicyclic) bond motifs is 1. The number of nitrogens with zero attached hydrogens (tertiary/aromatic N) is 1. The molecular weight excluding hydrogens is 504 g/mol. The van der Waals surface area contributed by atoms with E-state index in [1.165, 1.54) is 10.4 Å². The van der Waals surface area contributed by atoms with E-state index in [1.807, 2.05) is 50.3 Å². The predicted octanol–water partition coefficient (Wildman–Crippen LogP) is 6.59. The second-order valence-electron chi connectivity index (χ2n) is 9.75. The normalized spacial score (nSPS) is 13.7. The summed E-state index contributed by atoms with van der Waals surface area (Å²) in [4.78, 5) is 33.9. The van der Waals surface area contributed by atoms with Gasteiger partial charge < -0.3 is 20.5 Å². The average Bonchev–Trinajstić information content (AvgIpc) is 3.63. The van der Waals surface area contributed by atoms with Gasteiger partial charge >= 0.3 is 0 Å². The summed E-state index contributed by atoms with van der Waals surface area (Å²) in [6, 6.07) is 20.7. The summed E-state index contributed by atoms with van der Waals surface area (Å²) in [5, 5.41) is 6.07. The summed E-state index contributed by atoms with van der Waals surface area (Å²) in [5.41, 5.74) is 7.56. The molecule has 6 nitrogen and oxygen atoms in total. The first-order valence-electron chi connectivity index (χ1n) is 13.4. The number of carbonyl (C=O) groups excluding carboxylic acids is 2. The van der Waals surface area contributed by atoms with Crippen molar-refractivity contribution in [3.8, 4) is 20.9 Å². The molecule has 200 valence electrons. The summed E-state index contributed by atoms with van der Waals surface area (Å²) >= 11 is 1.73. The van der Waals surface area contributed by atoms with Gasteiger partial charge in [0.05, 0.1) is 11.1 Å². The number of thiophene rings is 1. The largest absolute Gasteiger partial charge is 0.358 e. The summed E-state index contributed by atoms with van der Waals surface area (Å²) in [7, 11) is 0. The smallest absolute Gasteiger partial charge is 0.256 e. The standard InChI is InChI=1S/C32H34N4O2S/c1-5-36(6-2)17-16-33-32(38)30-20(3)26(34-21(30)4)19-25-24-13-12-23(18-27(24)35-31(25)37)29-15-14-28(39-29)22-10-8-7-9-11-22/h7-15,18-19,34H,5-6,16-17H2,1-4H3,(H,33,38)(H,35,37). The Morgan fingerprint density at radius 1 is 0.974 bits per heavy atom. The number of H-pyrrole nitrogens is 1. The fourth-order valence-corrected chi connectivity index (χ4v) is 6.11. The number of likely N-dealkylation sites (N-methyl/N-ethyl adjacent to an activating group) is 1. The quantitative estimate of drug-likeness (QED) is 0.210. The molecule has 5 rings (SSSR count). The Hall–Kier alpha value is -3.94. The fourth-order valence-electron chi connectivity index (χ4n) is 5.10. The van der Waals surface area contributed by atoms with E-state index >= 15 is 0 Å². The Balaban J connectivity index is 1.37. The zero-order chi connectivity index (χ0) is 27.5. The topological polar surface area (TPSA) is 77.2 Å². The SMILES string of the molecule is CCN(CC)CCNC(=O)c1c(C)[nH]c(C=C2C(=O)Nc3cc(-c4ccc(-c5ccccc5)s4)ccc32)c1C. The number of aromatic nitrogens is 1. The number of aryl methyl sites for hydroxylation is 1. The van der Waals surface area contributed by atoms with E-state index in [0.717, 1.165) is 58.3 Å². The van der Waals surface area contributed by atoms with Crippen LogP contribution in [0.2, 0.25) is 0 Å². The van der Waals surface area contributed by atoms with Gasteiger partial charge in [-0.3, -0.25) is 9.59 Å². The molecule has 3 N–H and O–H groups in total. The minimum atomic E-state index is -0.143. The van der Waals surface area contributed by atoms with Crippen LogP contribution in [0.1, 0.15) is 46.7 Å². The summed E-state index contributed by atoms with van der Waals surface area (Å²) in [6.07, 6.45) is 1.86. The van der Waals surface area contributed by atoms with Crippen molar-refractivity contribution in [3.05, 3.63) is 88.7 Å². The molecule has 0 fully saturated rings. The molecule has 0 spiro atoms. The lowest BCUT2D eigenvalue weighted by atomic mass is 10.0. The maximum absolute atomic E-state index is 13.0. The van der Waals surface area contributed by atoms with E-state index in [4.69, 9.17) is 0 Å². The average molecular weight is 539 g/mol. The van der Waals surface area contributed by atoms with E-state index in [0.29, 0.717) is 17.7 Å². The lowest BCUT2D eigenvalue weighted by Crippen LogP contribution is -2.35. The second-order valence-corrected chi connectivity index (χ2v) is 10.8. The van der Waals surface area contributed by atoms with Crippen LogP contribution >= 0.6 is 11.3 Å². The van der Waals surface area contributed by atoms with Gasteiger partial charge in [0.25, 0.3) is 11.8 Å². The van der Waals surface area contributed by atoms with Gasteiger partial charge in [-0.1, -0.05) is 56.3 Å². The van der Waals surface area contributed by atoms with Gasteiger partial charge in [-0.2, -0.15) is 0 Å². The van der Waals surface area contributed by atoms with Crippen LogP contribution in [-0.4, -0.2) is 47.9 Å². The first-order chi connectivity index (χ1) is 18.9. The lowest BCUT2D eigenvalue weighted by Gasteiger charge is -2.18. The number of benzene rings is 2. The highest BCUT2D eigenvalue weighted by Crippen LogP contribution is 2.40. The minimum Gasteiger partial charge on any atom is -0.358 e. The first kappa shape index (κ1) is 26.7. The van der Waals surface area contributed by atoms with Gasteiger partial charge in [0.15, 0.2) is 0 Å². The summed E-state index contributed by atoms with van der Waals surface area (Å²) < 4.78 is 0. The van der Waals surface area contributed by atoms with Crippen molar-refractivity contribution < 1.29 is 9.59 Å². The molecule has 7 heteroatoms. The van der Waals surface area contributed by atoms with Gasteiger partial charge in [-0.25, -0.2) is 0 Å². The number of hydrogen-bond donors (Lipinski definition) is 3. The maximum atomic E-state index is 13.0. The van der Waals surface area contributed by atoms with Crippen LogP contribution in [-0.2, 0) is 4.79 Å². The van der Waals surface area contributed by atoms with Gasteiger partial charge in [0, 0.05) is 45.5 Å². The Morgan fingerprint density at radius 3 is 2.41 bits per heavy atom. The Morgan fingerprint density at radius 2 is 1.69 bits per heavy atom. The molecular formula is C32H34N4O2S. The zero-order valence-electron chi connectivity index (χ0n) is 22.9. The van der Waals surface area contributed by atoms with E-state index in [2.05, 4.69) is 64.7 Å². The maximum Gasteiger partial charge on any atom is 0.256 e. The number of anilines is 1. The van der Waals surface area contributed by atoms with Gasteiger partial charge in [-0.15, -0.1) is 11.3 Å². The molecule has 1 aliphatic heterocycles. The molecule has 2 amide bonds. The van der Waals surface area contributed by atoms with Crippen LogP contribution in [0.15, 0.2) is 60.7 Å². The van der Waals surface area contributed by atoms with E-state index in [1.54, 1.807) is 11.3 Å². The minimum absolute atomic E-state index is 0.0928. The third kappa shape index (κ3) is 5.46. The molecule has 3 heterocycles. The van der Waals surface area contributed by atoms with Crippen LogP contribution < -0.4 is 10.6 Å². The highest BCUT2D eigenvalue weighted by molar-refractivity contribution is 7.18. The van der Waals surface area contributed by atoms with E-state index in [-0.39, 0.29) is 11.8 Å². The van der Waals surface area contributed by atoms with Crippen LogP contribution in [0.25, 0.3) is 32.5 Å². The Kier molecular flexibility index (Phi) is 7.82. The highest BCUT2D eigenvalue weighted by Gasteiger charge is 2.26. The molecule has 2 aromatic carbocycles. The number of carbonyl (C=O) groups is 2. The van der Waals surface area contributed by atoms with Crippen LogP contribution in [0.5, 0.6) is 0 Å². The summed E-state index contributed by atoms with van der Waals surface area (Å²) in [6.45, 7) is 11.4. The molecule has 0 bridgehead atoms. The van der Waals surface area contributed by atoms with E-state index < -0.39 is 0 Å². The molecule has 2 aromatic heterocycles. The molecule has 39 heavy (non-hydrogen) atoms. The van der Waals surface area contributed by atoms with Crippen molar-refractivity contribution in [1.82, 2.24) is 15.2 Å². The lowest BCUT2D eigenvalue weighted by molar-refractivity contribution is -0.110. The van der Waals surface area contributed by atoms with Crippen molar-refractivity contribution in [3.63, 3.8) is 0 Å². The third-order valence-corrected chi connectivity index (χ3v) is 8.53. The molecule has 0 unspecified atom stereocenters. The van der Waals surface area contributed by atoms with Crippen molar-refractivity contribution in [2.24, 2.45) is 0 Å². The first-order valence-corrected chi connectivity index (χ1v) is 14.2. The number of rotatable bonds is 9. The zero-order valence-corrected chi connectivity index (χ0v) is 23.7. The molecule has 0 aliphatic carbocycles. The molecule has 0 atom stereocenters. The molecule has 4 aromatic rings. The van der Waals surface area contributed by atoms with Gasteiger partial charge in [0.1, 0.15) is 0 Å². The molecule has 1 aliphatic rings. The number of aromatic amines is 1. The number of hydrogen-bond acceptors (Lipinski definition) is 4. The van der Waals surface area contributed by atoms with Crippen molar-refractivity contribution in [2.45, 2.75) is 27.7 Å². The predicted molar refractivity (Wildman–Crippen MR) is 162 cm³/mol. The Bertz CT molecular complexity index is 1540. The van der Waals surface area contributed by atoms with Crippen LogP contribution in [0.3, 0.4) is 0 Å². The van der Waals surface area contributed by atoms with Gasteiger partial charge in [-0.05, 0) is 67.9 Å². The monoisotopic (exact) mass is 538 g/mol. The summed E-state index contributed by atoms with van der Waals surface area (Å²) in [5.74, 6) is -0.236. The fraction of sp³-hybridized carbons (Fsp3) is 0.250.